The van der Waals surface area contributed by atoms with Gasteiger partial charge in [0, 0.05) is 5.69 Å². The highest BCUT2D eigenvalue weighted by Crippen LogP contribution is 2.39. The summed E-state index contributed by atoms with van der Waals surface area (Å²) in [6, 6.07) is 7.77. The van der Waals surface area contributed by atoms with E-state index in [0.29, 0.717) is 23.4 Å². The average Bonchev–Trinajstić information content (AvgIpc) is 2.94. The minimum absolute atomic E-state index is 0.189. The van der Waals surface area contributed by atoms with Gasteiger partial charge in [0.05, 0.1) is 23.5 Å². The van der Waals surface area contributed by atoms with E-state index in [2.05, 4.69) is 5.32 Å². The van der Waals surface area contributed by atoms with Crippen molar-refractivity contribution < 1.29 is 14.4 Å². The highest BCUT2D eigenvalue weighted by Gasteiger charge is 2.51. The molecule has 3 rings (SSSR count). The van der Waals surface area contributed by atoms with Gasteiger partial charge in [0.1, 0.15) is 6.04 Å². The number of amides is 3. The lowest BCUT2D eigenvalue weighted by Gasteiger charge is -2.25. The van der Waals surface area contributed by atoms with Crippen molar-refractivity contribution in [2.75, 3.05) is 17.3 Å². The smallest absolute Gasteiger partial charge is 0.247 e. The van der Waals surface area contributed by atoms with Gasteiger partial charge in [0.2, 0.25) is 17.7 Å². The number of carbonyl (C=O) groups is 3. The maximum Gasteiger partial charge on any atom is 0.247 e. The first-order chi connectivity index (χ1) is 13.1. The van der Waals surface area contributed by atoms with Gasteiger partial charge >= 0.3 is 0 Å². The van der Waals surface area contributed by atoms with E-state index >= 15 is 0 Å². The third-order valence-electron chi connectivity index (χ3n) is 5.37. The topological polar surface area (TPSA) is 90.3 Å². The lowest BCUT2D eigenvalue weighted by Crippen LogP contribution is -2.48. The summed E-state index contributed by atoms with van der Waals surface area (Å²) < 4.78 is 0. The molecule has 7 heteroatoms. The molecule has 0 spiro atoms. The van der Waals surface area contributed by atoms with E-state index in [-0.39, 0.29) is 29.6 Å². The van der Waals surface area contributed by atoms with Crippen LogP contribution in [0.15, 0.2) is 24.3 Å². The molecule has 3 unspecified atom stereocenters. The minimum atomic E-state index is -0.793. The minimum Gasteiger partial charge on any atom is -0.324 e. The third kappa shape index (κ3) is 4.01. The molecule has 1 heterocycles. The number of nitriles is 1. The number of hydrogen-bond donors (Lipinski definition) is 1. The molecule has 1 saturated carbocycles. The van der Waals surface area contributed by atoms with Crippen LogP contribution in [0.4, 0.5) is 5.69 Å². The van der Waals surface area contributed by atoms with Crippen LogP contribution in [0.2, 0.25) is 0 Å². The van der Waals surface area contributed by atoms with E-state index in [1.54, 1.807) is 36.0 Å². The molecule has 3 amide bonds. The zero-order valence-electron chi connectivity index (χ0n) is 15.3. The Morgan fingerprint density at radius 2 is 1.81 bits per heavy atom. The predicted octanol–water partition coefficient (Wildman–Crippen LogP) is 2.79. The summed E-state index contributed by atoms with van der Waals surface area (Å²) in [4.78, 5) is 39.9. The van der Waals surface area contributed by atoms with Crippen molar-refractivity contribution in [3.63, 3.8) is 0 Å². The van der Waals surface area contributed by atoms with Crippen molar-refractivity contribution in [2.45, 2.75) is 38.1 Å². The second-order valence-electron chi connectivity index (χ2n) is 7.02. The molecule has 1 aromatic rings. The standard InChI is InChI=1S/C20H23N3O3S/c1-27-11-10-17(18(24)22-14-8-6-13(12-21)7-9-14)23-19(25)15-4-2-3-5-16(15)20(23)26/h6-9,15-17H,2-5,10-11H2,1H3,(H,22,24). The maximum absolute atomic E-state index is 12.9. The van der Waals surface area contributed by atoms with Gasteiger partial charge in [0.15, 0.2) is 0 Å². The van der Waals surface area contributed by atoms with Crippen LogP contribution in [-0.4, -0.2) is 40.7 Å². The van der Waals surface area contributed by atoms with Gasteiger partial charge in [-0.2, -0.15) is 17.0 Å². The lowest BCUT2D eigenvalue weighted by atomic mass is 9.81. The van der Waals surface area contributed by atoms with Gasteiger partial charge in [0.25, 0.3) is 0 Å². The quantitative estimate of drug-likeness (QED) is 0.761. The van der Waals surface area contributed by atoms with Crippen molar-refractivity contribution in [3.8, 4) is 6.07 Å². The molecule has 3 atom stereocenters. The summed E-state index contributed by atoms with van der Waals surface area (Å²) in [6.07, 6.45) is 5.75. The third-order valence-corrected chi connectivity index (χ3v) is 6.01. The molecule has 1 aliphatic heterocycles. The molecule has 6 nitrogen and oxygen atoms in total. The number of likely N-dealkylation sites (tertiary alicyclic amines) is 1. The Balaban J connectivity index is 1.80. The van der Waals surface area contributed by atoms with E-state index < -0.39 is 6.04 Å². The fraction of sp³-hybridized carbons (Fsp3) is 0.500. The van der Waals surface area contributed by atoms with Crippen LogP contribution in [-0.2, 0) is 14.4 Å². The Bertz CT molecular complexity index is 748. The molecule has 2 aliphatic rings. The normalized spacial score (nSPS) is 22.9. The molecule has 0 bridgehead atoms. The molecule has 0 radical (unpaired) electrons. The number of rotatable bonds is 6. The van der Waals surface area contributed by atoms with E-state index in [1.165, 1.54) is 4.90 Å². The fourth-order valence-electron chi connectivity index (χ4n) is 3.96. The second kappa shape index (κ2) is 8.57. The first-order valence-electron chi connectivity index (χ1n) is 9.23. The molecule has 1 aromatic carbocycles. The summed E-state index contributed by atoms with van der Waals surface area (Å²) in [6.45, 7) is 0. The molecular weight excluding hydrogens is 362 g/mol. The van der Waals surface area contributed by atoms with Gasteiger partial charge in [-0.05, 0) is 55.5 Å². The fourth-order valence-corrected chi connectivity index (χ4v) is 4.41. The largest absolute Gasteiger partial charge is 0.324 e. The highest BCUT2D eigenvalue weighted by atomic mass is 32.2. The van der Waals surface area contributed by atoms with Gasteiger partial charge in [-0.3, -0.25) is 19.3 Å². The maximum atomic E-state index is 12.9. The van der Waals surface area contributed by atoms with Crippen LogP contribution in [0.5, 0.6) is 0 Å². The number of imide groups is 1. The van der Waals surface area contributed by atoms with Crippen molar-refractivity contribution in [2.24, 2.45) is 11.8 Å². The van der Waals surface area contributed by atoms with Crippen LogP contribution in [0, 0.1) is 23.2 Å². The zero-order chi connectivity index (χ0) is 19.4. The van der Waals surface area contributed by atoms with E-state index in [9.17, 15) is 14.4 Å². The molecule has 1 N–H and O–H groups in total. The van der Waals surface area contributed by atoms with Crippen LogP contribution < -0.4 is 5.32 Å². The van der Waals surface area contributed by atoms with Gasteiger partial charge in [-0.25, -0.2) is 0 Å². The van der Waals surface area contributed by atoms with Crippen LogP contribution in [0.1, 0.15) is 37.7 Å². The summed E-state index contributed by atoms with van der Waals surface area (Å²) in [7, 11) is 0. The zero-order valence-corrected chi connectivity index (χ0v) is 16.1. The SMILES string of the molecule is CSCCC(C(=O)Nc1ccc(C#N)cc1)N1C(=O)C2CCCCC2C1=O. The van der Waals surface area contributed by atoms with E-state index in [4.69, 9.17) is 5.26 Å². The van der Waals surface area contributed by atoms with Crippen molar-refractivity contribution >= 4 is 35.2 Å². The number of nitrogens with zero attached hydrogens (tertiary/aromatic N) is 2. The molecular formula is C20H23N3O3S. The molecule has 1 aliphatic carbocycles. The number of thioether (sulfide) groups is 1. The van der Waals surface area contributed by atoms with Gasteiger partial charge in [-0.1, -0.05) is 12.8 Å². The van der Waals surface area contributed by atoms with E-state index in [1.807, 2.05) is 12.3 Å². The summed E-state index contributed by atoms with van der Waals surface area (Å²) >= 11 is 1.58. The number of fused-ring (bicyclic) bond motifs is 1. The van der Waals surface area contributed by atoms with Gasteiger partial charge < -0.3 is 5.32 Å². The Hall–Kier alpha value is -2.33. The average molecular weight is 385 g/mol. The Morgan fingerprint density at radius 3 is 2.33 bits per heavy atom. The first-order valence-corrected chi connectivity index (χ1v) is 10.6. The summed E-state index contributed by atoms with van der Waals surface area (Å²) in [5.74, 6) is -0.570. The number of benzene rings is 1. The van der Waals surface area contributed by atoms with Gasteiger partial charge in [-0.15, -0.1) is 0 Å². The molecule has 0 aromatic heterocycles. The molecule has 2 fully saturated rings. The number of nitrogens with one attached hydrogen (secondary N) is 1. The molecule has 142 valence electrons. The van der Waals surface area contributed by atoms with Crippen molar-refractivity contribution in [1.29, 1.82) is 5.26 Å². The first kappa shape index (κ1) is 19.4. The Morgan fingerprint density at radius 1 is 1.22 bits per heavy atom. The Kier molecular flexibility index (Phi) is 6.17. The number of hydrogen-bond acceptors (Lipinski definition) is 5. The van der Waals surface area contributed by atoms with Crippen LogP contribution >= 0.6 is 11.8 Å². The number of carbonyl (C=O) groups excluding carboxylic acids is 3. The van der Waals surface area contributed by atoms with Crippen molar-refractivity contribution in [1.82, 2.24) is 4.90 Å². The highest BCUT2D eigenvalue weighted by molar-refractivity contribution is 7.98. The molecule has 27 heavy (non-hydrogen) atoms. The monoisotopic (exact) mass is 385 g/mol. The number of anilines is 1. The molecule has 1 saturated heterocycles. The van der Waals surface area contributed by atoms with Crippen LogP contribution in [0.3, 0.4) is 0 Å². The van der Waals surface area contributed by atoms with Crippen LogP contribution in [0.25, 0.3) is 0 Å². The summed E-state index contributed by atoms with van der Waals surface area (Å²) in [5.41, 5.74) is 1.05. The summed E-state index contributed by atoms with van der Waals surface area (Å²) in [5, 5.41) is 11.7. The Labute approximate surface area is 163 Å². The van der Waals surface area contributed by atoms with E-state index in [0.717, 1.165) is 25.7 Å². The second-order valence-corrected chi connectivity index (χ2v) is 8.01. The predicted molar refractivity (Wildman–Crippen MR) is 104 cm³/mol. The lowest BCUT2D eigenvalue weighted by molar-refractivity contribution is -0.146. The van der Waals surface area contributed by atoms with Crippen molar-refractivity contribution in [3.05, 3.63) is 29.8 Å².